The number of thiazole rings is 1. The van der Waals surface area contributed by atoms with E-state index in [9.17, 15) is 4.79 Å². The van der Waals surface area contributed by atoms with Crippen LogP contribution < -0.4 is 14.8 Å². The maximum Gasteiger partial charge on any atom is 0.239 e. The predicted molar refractivity (Wildman–Crippen MR) is 103 cm³/mol. The van der Waals surface area contributed by atoms with E-state index >= 15 is 0 Å². The van der Waals surface area contributed by atoms with Gasteiger partial charge in [-0.3, -0.25) is 4.79 Å². The summed E-state index contributed by atoms with van der Waals surface area (Å²) in [6, 6.07) is 11.2. The minimum atomic E-state index is -0.319. The minimum absolute atomic E-state index is 0.0734. The van der Waals surface area contributed by atoms with Crippen molar-refractivity contribution < 1.29 is 19.0 Å². The first-order valence-corrected chi connectivity index (χ1v) is 9.06. The second kappa shape index (κ2) is 8.35. The summed E-state index contributed by atoms with van der Waals surface area (Å²) in [6.07, 6.45) is 0. The van der Waals surface area contributed by atoms with E-state index in [1.165, 1.54) is 7.11 Å². The van der Waals surface area contributed by atoms with Crippen molar-refractivity contribution in [1.29, 1.82) is 0 Å². The third-order valence-corrected chi connectivity index (χ3v) is 4.86. The van der Waals surface area contributed by atoms with Gasteiger partial charge in [-0.15, -0.1) is 22.9 Å². The Balaban J connectivity index is 1.98. The van der Waals surface area contributed by atoms with Crippen LogP contribution in [-0.4, -0.2) is 37.8 Å². The second-order valence-corrected chi connectivity index (χ2v) is 6.59. The lowest BCUT2D eigenvalue weighted by Gasteiger charge is -2.12. The number of nitrogens with zero attached hydrogens (tertiary/aromatic N) is 1. The predicted octanol–water partition coefficient (Wildman–Crippen LogP) is 4.13. The lowest BCUT2D eigenvalue weighted by molar-refractivity contribution is -0.113. The molecule has 3 aromatic rings. The normalized spacial score (nSPS) is 10.7. The molecule has 6 nitrogen and oxygen atoms in total. The van der Waals surface area contributed by atoms with Gasteiger partial charge in [-0.2, -0.15) is 0 Å². The number of carbonyl (C=O) groups is 1. The fraction of sp³-hybridized carbons (Fsp3) is 0.222. The van der Waals surface area contributed by atoms with Crippen molar-refractivity contribution in [3.63, 3.8) is 0 Å². The third-order valence-electron chi connectivity index (χ3n) is 3.55. The number of aromatic nitrogens is 1. The van der Waals surface area contributed by atoms with Gasteiger partial charge in [0, 0.05) is 12.7 Å². The molecule has 0 fully saturated rings. The molecule has 0 unspecified atom stereocenters. The molecule has 0 spiro atoms. The average Bonchev–Trinajstić information content (AvgIpc) is 3.09. The Hall–Kier alpha value is -2.35. The van der Waals surface area contributed by atoms with Crippen LogP contribution in [0, 0.1) is 0 Å². The zero-order chi connectivity index (χ0) is 18.5. The molecule has 1 N–H and O–H groups in total. The number of halogens is 1. The van der Waals surface area contributed by atoms with Crippen LogP contribution in [0.3, 0.4) is 0 Å². The van der Waals surface area contributed by atoms with E-state index in [1.807, 2.05) is 30.3 Å². The summed E-state index contributed by atoms with van der Waals surface area (Å²) >= 11 is 7.14. The number of nitrogens with one attached hydrogen (secondary N) is 1. The number of amides is 1. The Morgan fingerprint density at radius 1 is 1.23 bits per heavy atom. The van der Waals surface area contributed by atoms with Gasteiger partial charge in [0.2, 0.25) is 5.91 Å². The zero-order valence-electron chi connectivity index (χ0n) is 14.2. The number of ether oxygens (including phenoxy) is 3. The molecule has 0 saturated carbocycles. The molecule has 0 aliphatic rings. The van der Waals surface area contributed by atoms with Crippen LogP contribution in [0.5, 0.6) is 11.5 Å². The first-order chi connectivity index (χ1) is 12.6. The molecule has 1 heterocycles. The Kier molecular flexibility index (Phi) is 5.92. The van der Waals surface area contributed by atoms with E-state index < -0.39 is 0 Å². The fourth-order valence-corrected chi connectivity index (χ4v) is 3.41. The van der Waals surface area contributed by atoms with Crippen molar-refractivity contribution in [3.8, 4) is 22.1 Å². The van der Waals surface area contributed by atoms with E-state index in [0.29, 0.717) is 11.4 Å². The van der Waals surface area contributed by atoms with E-state index in [0.717, 1.165) is 26.5 Å². The quantitative estimate of drug-likeness (QED) is 0.483. The van der Waals surface area contributed by atoms with Crippen LogP contribution in [0.2, 0.25) is 0 Å². The number of benzene rings is 2. The standard InChI is InChI=1S/C18H17ClN2O4S/c1-23-10-25-15-6-3-11(7-14(15)20-17(22)9-19)18-21-13-5-4-12(24-2)8-16(13)26-18/h3-8H,9-10H2,1-2H3,(H,20,22). The molecule has 8 heteroatoms. The lowest BCUT2D eigenvalue weighted by atomic mass is 10.2. The monoisotopic (exact) mass is 392 g/mol. The second-order valence-electron chi connectivity index (χ2n) is 5.30. The highest BCUT2D eigenvalue weighted by Gasteiger charge is 2.13. The molecule has 1 amide bonds. The maximum absolute atomic E-state index is 11.7. The Labute approximate surface area is 159 Å². The third kappa shape index (κ3) is 4.07. The van der Waals surface area contributed by atoms with Crippen LogP contribution in [0.15, 0.2) is 36.4 Å². The number of alkyl halides is 1. The highest BCUT2D eigenvalue weighted by Crippen LogP contribution is 2.36. The van der Waals surface area contributed by atoms with E-state index in [2.05, 4.69) is 10.3 Å². The van der Waals surface area contributed by atoms with Crippen molar-refractivity contribution in [2.24, 2.45) is 0 Å². The van der Waals surface area contributed by atoms with Crippen molar-refractivity contribution in [2.45, 2.75) is 0 Å². The van der Waals surface area contributed by atoms with Crippen molar-refractivity contribution in [3.05, 3.63) is 36.4 Å². The molecule has 0 radical (unpaired) electrons. The van der Waals surface area contributed by atoms with Crippen LogP contribution in [0.4, 0.5) is 5.69 Å². The molecule has 26 heavy (non-hydrogen) atoms. The van der Waals surface area contributed by atoms with Gasteiger partial charge in [0.1, 0.15) is 22.4 Å². The van der Waals surface area contributed by atoms with Crippen LogP contribution in [0.1, 0.15) is 0 Å². The molecule has 0 atom stereocenters. The molecule has 0 saturated heterocycles. The number of rotatable bonds is 7. The van der Waals surface area contributed by atoms with Gasteiger partial charge in [0.05, 0.1) is 23.0 Å². The molecule has 3 rings (SSSR count). The summed E-state index contributed by atoms with van der Waals surface area (Å²) in [6.45, 7) is 0.0734. The van der Waals surface area contributed by atoms with E-state index in [4.69, 9.17) is 25.8 Å². The van der Waals surface area contributed by atoms with Gasteiger partial charge in [-0.25, -0.2) is 4.98 Å². The molecule has 0 aliphatic heterocycles. The lowest BCUT2D eigenvalue weighted by Crippen LogP contribution is -2.14. The van der Waals surface area contributed by atoms with Gasteiger partial charge in [0.15, 0.2) is 6.79 Å². The molecule has 136 valence electrons. The summed E-state index contributed by atoms with van der Waals surface area (Å²) in [7, 11) is 3.16. The number of hydrogen-bond acceptors (Lipinski definition) is 6. The molecule has 0 bridgehead atoms. The Morgan fingerprint density at radius 3 is 2.81 bits per heavy atom. The van der Waals surface area contributed by atoms with Gasteiger partial charge >= 0.3 is 0 Å². The summed E-state index contributed by atoms with van der Waals surface area (Å²) in [5.41, 5.74) is 2.26. The van der Waals surface area contributed by atoms with Gasteiger partial charge in [-0.1, -0.05) is 0 Å². The summed E-state index contributed by atoms with van der Waals surface area (Å²) in [5, 5.41) is 3.56. The summed E-state index contributed by atoms with van der Waals surface area (Å²) in [5.74, 6) is 0.817. The highest BCUT2D eigenvalue weighted by molar-refractivity contribution is 7.21. The van der Waals surface area contributed by atoms with Gasteiger partial charge in [0.25, 0.3) is 0 Å². The number of anilines is 1. The zero-order valence-corrected chi connectivity index (χ0v) is 15.8. The number of fused-ring (bicyclic) bond motifs is 1. The Bertz CT molecular complexity index is 929. The SMILES string of the molecule is COCOc1ccc(-c2nc3ccc(OC)cc3s2)cc1NC(=O)CCl. The van der Waals surface area contributed by atoms with Crippen molar-refractivity contribution in [2.75, 3.05) is 32.2 Å². The summed E-state index contributed by atoms with van der Waals surface area (Å²) < 4.78 is 16.7. The minimum Gasteiger partial charge on any atom is -0.497 e. The van der Waals surface area contributed by atoms with Crippen LogP contribution in [0.25, 0.3) is 20.8 Å². The fourth-order valence-electron chi connectivity index (χ4n) is 2.35. The first-order valence-electron chi connectivity index (χ1n) is 7.71. The molecule has 0 aliphatic carbocycles. The van der Waals surface area contributed by atoms with Crippen LogP contribution in [-0.2, 0) is 9.53 Å². The van der Waals surface area contributed by atoms with Crippen LogP contribution >= 0.6 is 22.9 Å². The smallest absolute Gasteiger partial charge is 0.239 e. The number of carbonyl (C=O) groups excluding carboxylic acids is 1. The van der Waals surface area contributed by atoms with E-state index in [-0.39, 0.29) is 18.6 Å². The molecule has 1 aromatic heterocycles. The first kappa shape index (κ1) is 18.4. The highest BCUT2D eigenvalue weighted by atomic mass is 35.5. The van der Waals surface area contributed by atoms with E-state index in [1.54, 1.807) is 24.5 Å². The van der Waals surface area contributed by atoms with Gasteiger partial charge in [-0.05, 0) is 36.4 Å². The molecular weight excluding hydrogens is 376 g/mol. The van der Waals surface area contributed by atoms with Crippen molar-refractivity contribution in [1.82, 2.24) is 4.98 Å². The largest absolute Gasteiger partial charge is 0.497 e. The van der Waals surface area contributed by atoms with Crippen molar-refractivity contribution >= 4 is 44.7 Å². The Morgan fingerprint density at radius 2 is 2.08 bits per heavy atom. The van der Waals surface area contributed by atoms with Gasteiger partial charge < -0.3 is 19.5 Å². The summed E-state index contributed by atoms with van der Waals surface area (Å²) in [4.78, 5) is 16.4. The number of methoxy groups -OCH3 is 2. The molecular formula is C18H17ClN2O4S. The topological polar surface area (TPSA) is 69.7 Å². The average molecular weight is 393 g/mol. The molecule has 2 aromatic carbocycles. The maximum atomic E-state index is 11.7. The number of hydrogen-bond donors (Lipinski definition) is 1.